The molecule has 0 saturated carbocycles. The number of hydrogen-bond acceptors (Lipinski definition) is 2. The minimum atomic E-state index is -0.406. The first-order chi connectivity index (χ1) is 9.19. The van der Waals surface area contributed by atoms with Gasteiger partial charge >= 0.3 is 5.97 Å². The minimum Gasteiger partial charge on any atom is -0.458 e. The molecule has 0 heterocycles. The molecule has 0 spiro atoms. The van der Waals surface area contributed by atoms with Crippen LogP contribution in [0.2, 0.25) is 0 Å². The van der Waals surface area contributed by atoms with E-state index in [9.17, 15) is 4.79 Å². The molecule has 0 bridgehead atoms. The highest BCUT2D eigenvalue weighted by atomic mass is 79.9. The summed E-state index contributed by atoms with van der Waals surface area (Å²) in [5.41, 5.74) is 3.24. The molecule has 0 aliphatic rings. The second kappa shape index (κ2) is 6.34. The normalized spacial score (nSPS) is 9.95. The van der Waals surface area contributed by atoms with E-state index in [1.807, 2.05) is 36.4 Å². The van der Waals surface area contributed by atoms with E-state index in [1.54, 1.807) is 0 Å². The predicted molar refractivity (Wildman–Crippen MR) is 79.6 cm³/mol. The Kier molecular flexibility index (Phi) is 4.53. The molecular formula is C16H13BrO2. The van der Waals surface area contributed by atoms with Crippen LogP contribution in [0.25, 0.3) is 11.1 Å². The van der Waals surface area contributed by atoms with Gasteiger partial charge in [-0.25, -0.2) is 4.79 Å². The Balaban J connectivity index is 2.07. The zero-order chi connectivity index (χ0) is 13.7. The summed E-state index contributed by atoms with van der Waals surface area (Å²) in [5.74, 6) is -0.406. The summed E-state index contributed by atoms with van der Waals surface area (Å²) in [5, 5.41) is 0. The van der Waals surface area contributed by atoms with Crippen molar-refractivity contribution in [3.8, 4) is 11.1 Å². The van der Waals surface area contributed by atoms with Crippen LogP contribution in [0.4, 0.5) is 0 Å². The average molecular weight is 317 g/mol. The van der Waals surface area contributed by atoms with Crippen LogP contribution in [0.5, 0.6) is 0 Å². The van der Waals surface area contributed by atoms with Crippen molar-refractivity contribution in [1.82, 2.24) is 0 Å². The van der Waals surface area contributed by atoms with Crippen LogP contribution in [0.15, 0.2) is 65.7 Å². The van der Waals surface area contributed by atoms with E-state index in [1.165, 1.54) is 0 Å². The third-order valence-electron chi connectivity index (χ3n) is 2.68. The molecule has 0 aliphatic carbocycles. The Hall–Kier alpha value is -1.87. The van der Waals surface area contributed by atoms with Crippen LogP contribution in [0, 0.1) is 0 Å². The van der Waals surface area contributed by atoms with E-state index >= 15 is 0 Å². The monoisotopic (exact) mass is 316 g/mol. The molecule has 0 atom stereocenters. The van der Waals surface area contributed by atoms with Crippen molar-refractivity contribution in [2.75, 3.05) is 0 Å². The lowest BCUT2D eigenvalue weighted by molar-refractivity contribution is -0.138. The fourth-order valence-electron chi connectivity index (χ4n) is 1.65. The molecule has 0 unspecified atom stereocenters. The van der Waals surface area contributed by atoms with Crippen molar-refractivity contribution in [1.29, 1.82) is 0 Å². The molecule has 0 amide bonds. The van der Waals surface area contributed by atoms with Crippen LogP contribution in [0.1, 0.15) is 5.56 Å². The lowest BCUT2D eigenvalue weighted by Gasteiger charge is -2.05. The summed E-state index contributed by atoms with van der Waals surface area (Å²) in [7, 11) is 0. The van der Waals surface area contributed by atoms with E-state index in [-0.39, 0.29) is 6.61 Å². The van der Waals surface area contributed by atoms with Gasteiger partial charge in [0.05, 0.1) is 0 Å². The number of benzene rings is 2. The smallest absolute Gasteiger partial charge is 0.330 e. The van der Waals surface area contributed by atoms with Gasteiger partial charge in [0, 0.05) is 10.5 Å². The van der Waals surface area contributed by atoms with Crippen molar-refractivity contribution in [2.45, 2.75) is 6.61 Å². The van der Waals surface area contributed by atoms with Crippen LogP contribution in [0.3, 0.4) is 0 Å². The van der Waals surface area contributed by atoms with Crippen molar-refractivity contribution in [2.24, 2.45) is 0 Å². The van der Waals surface area contributed by atoms with E-state index in [0.29, 0.717) is 0 Å². The van der Waals surface area contributed by atoms with Gasteiger partial charge < -0.3 is 4.74 Å². The summed E-state index contributed by atoms with van der Waals surface area (Å²) in [6.07, 6.45) is 1.16. The van der Waals surface area contributed by atoms with Crippen molar-refractivity contribution in [3.05, 3.63) is 71.2 Å². The average Bonchev–Trinajstić information content (AvgIpc) is 2.46. The molecule has 96 valence electrons. The third-order valence-corrected chi connectivity index (χ3v) is 3.21. The van der Waals surface area contributed by atoms with E-state index in [2.05, 4.69) is 34.6 Å². The fraction of sp³-hybridized carbons (Fsp3) is 0.0625. The predicted octanol–water partition coefficient (Wildman–Crippen LogP) is 4.35. The van der Waals surface area contributed by atoms with Crippen molar-refractivity contribution in [3.63, 3.8) is 0 Å². The first-order valence-corrected chi connectivity index (χ1v) is 6.62. The van der Waals surface area contributed by atoms with Gasteiger partial charge in [-0.05, 0) is 28.8 Å². The van der Waals surface area contributed by atoms with Gasteiger partial charge in [-0.2, -0.15) is 0 Å². The maximum atomic E-state index is 11.0. The number of esters is 1. The number of carbonyl (C=O) groups excluding carboxylic acids is 1. The molecule has 2 aromatic rings. The number of rotatable bonds is 4. The van der Waals surface area contributed by atoms with Crippen LogP contribution < -0.4 is 0 Å². The van der Waals surface area contributed by atoms with Gasteiger partial charge in [0.25, 0.3) is 0 Å². The van der Waals surface area contributed by atoms with Gasteiger partial charge in [-0.3, -0.25) is 0 Å². The lowest BCUT2D eigenvalue weighted by Crippen LogP contribution is -1.99. The molecule has 0 fully saturated rings. The molecule has 3 heteroatoms. The minimum absolute atomic E-state index is 0.269. The van der Waals surface area contributed by atoms with E-state index < -0.39 is 5.97 Å². The van der Waals surface area contributed by atoms with Crippen molar-refractivity contribution < 1.29 is 9.53 Å². The van der Waals surface area contributed by atoms with Crippen LogP contribution in [-0.4, -0.2) is 5.97 Å². The number of ether oxygens (including phenoxy) is 1. The van der Waals surface area contributed by atoms with Gasteiger partial charge in [-0.15, -0.1) is 0 Å². The summed E-state index contributed by atoms with van der Waals surface area (Å²) in [6, 6.07) is 16.1. The Morgan fingerprint density at radius 3 is 2.11 bits per heavy atom. The maximum Gasteiger partial charge on any atom is 0.330 e. The lowest BCUT2D eigenvalue weighted by atomic mass is 10.0. The summed E-state index contributed by atoms with van der Waals surface area (Å²) < 4.78 is 6.03. The summed E-state index contributed by atoms with van der Waals surface area (Å²) in [6.45, 7) is 3.62. The van der Waals surface area contributed by atoms with Gasteiger partial charge in [0.15, 0.2) is 0 Å². The molecule has 2 aromatic carbocycles. The molecule has 0 aromatic heterocycles. The zero-order valence-electron chi connectivity index (χ0n) is 10.3. The van der Waals surface area contributed by atoms with Gasteiger partial charge in [-0.1, -0.05) is 58.9 Å². The number of carbonyl (C=O) groups is 1. The fourth-order valence-corrected chi connectivity index (χ4v) is 1.91. The van der Waals surface area contributed by atoms with Crippen LogP contribution in [-0.2, 0) is 16.1 Å². The SMILES string of the molecule is C=CC(=O)OCc1ccc(-c2ccc(Br)cc2)cc1. The largest absolute Gasteiger partial charge is 0.458 e. The summed E-state index contributed by atoms with van der Waals surface area (Å²) in [4.78, 5) is 11.0. The second-order valence-electron chi connectivity index (χ2n) is 4.02. The molecule has 0 saturated heterocycles. The first kappa shape index (κ1) is 13.6. The molecular weight excluding hydrogens is 304 g/mol. The van der Waals surface area contributed by atoms with Crippen LogP contribution >= 0.6 is 15.9 Å². The molecule has 0 N–H and O–H groups in total. The zero-order valence-corrected chi connectivity index (χ0v) is 11.9. The molecule has 2 rings (SSSR count). The molecule has 0 radical (unpaired) electrons. The second-order valence-corrected chi connectivity index (χ2v) is 4.93. The highest BCUT2D eigenvalue weighted by Gasteiger charge is 2.00. The van der Waals surface area contributed by atoms with Gasteiger partial charge in [0.2, 0.25) is 0 Å². The molecule has 19 heavy (non-hydrogen) atoms. The number of hydrogen-bond donors (Lipinski definition) is 0. The Labute approximate surface area is 120 Å². The van der Waals surface area contributed by atoms with Crippen molar-refractivity contribution >= 4 is 21.9 Å². The Morgan fingerprint density at radius 2 is 1.58 bits per heavy atom. The highest BCUT2D eigenvalue weighted by Crippen LogP contribution is 2.22. The van der Waals surface area contributed by atoms with E-state index in [4.69, 9.17) is 4.74 Å². The molecule has 2 nitrogen and oxygen atoms in total. The standard InChI is InChI=1S/C16H13BrO2/c1-2-16(18)19-11-12-3-5-13(6-4-12)14-7-9-15(17)10-8-14/h2-10H,1,11H2. The Bertz CT molecular complexity index is 571. The maximum absolute atomic E-state index is 11.0. The Morgan fingerprint density at radius 1 is 1.05 bits per heavy atom. The first-order valence-electron chi connectivity index (χ1n) is 5.83. The van der Waals surface area contributed by atoms with Gasteiger partial charge in [0.1, 0.15) is 6.61 Å². The topological polar surface area (TPSA) is 26.3 Å². The molecule has 0 aliphatic heterocycles. The summed E-state index contributed by atoms with van der Waals surface area (Å²) >= 11 is 3.41. The highest BCUT2D eigenvalue weighted by molar-refractivity contribution is 9.10. The quantitative estimate of drug-likeness (QED) is 0.619. The third kappa shape index (κ3) is 3.80. The number of halogens is 1. The van der Waals surface area contributed by atoms with E-state index in [0.717, 1.165) is 27.2 Å².